The largest absolute Gasteiger partial charge is 0.490 e. The van der Waals surface area contributed by atoms with Crippen LogP contribution in [-0.4, -0.2) is 64.5 Å². The summed E-state index contributed by atoms with van der Waals surface area (Å²) < 4.78 is 36.3. The van der Waals surface area contributed by atoms with Crippen molar-refractivity contribution in [2.24, 2.45) is 0 Å². The van der Waals surface area contributed by atoms with Crippen molar-refractivity contribution in [1.29, 1.82) is 0 Å². The van der Waals surface area contributed by atoms with E-state index in [0.717, 1.165) is 19.6 Å². The first-order valence-electron chi connectivity index (χ1n) is 9.61. The van der Waals surface area contributed by atoms with Crippen LogP contribution in [-0.2, 0) is 25.7 Å². The SMILES string of the molecule is CCOC(=O)C(NC(C)=O)C1(S)CCN(Cc2ccccc2)CC1.O=C(O)C(F)(F)F. The quantitative estimate of drug-likeness (QED) is 0.443. The molecule has 0 radical (unpaired) electrons. The molecule has 1 aliphatic heterocycles. The summed E-state index contributed by atoms with van der Waals surface area (Å²) in [4.78, 5) is 35.0. The molecule has 1 unspecified atom stereocenters. The summed E-state index contributed by atoms with van der Waals surface area (Å²) in [6.07, 6.45) is -3.65. The second-order valence-electron chi connectivity index (χ2n) is 7.05. The van der Waals surface area contributed by atoms with E-state index in [1.54, 1.807) is 6.92 Å². The van der Waals surface area contributed by atoms with Gasteiger partial charge in [0.05, 0.1) is 6.61 Å². The molecule has 1 aromatic carbocycles. The minimum Gasteiger partial charge on any atom is -0.475 e. The molecule has 1 amide bonds. The number of rotatable bonds is 6. The van der Waals surface area contributed by atoms with Crippen LogP contribution in [0.2, 0.25) is 0 Å². The van der Waals surface area contributed by atoms with Crippen molar-refractivity contribution in [3.8, 4) is 0 Å². The number of nitrogens with zero attached hydrogens (tertiary/aromatic N) is 1. The summed E-state index contributed by atoms with van der Waals surface area (Å²) in [5.74, 6) is -3.40. The number of carboxylic acids is 1. The Bertz CT molecular complexity index is 738. The first-order valence-corrected chi connectivity index (χ1v) is 10.1. The van der Waals surface area contributed by atoms with Crippen LogP contribution in [0.25, 0.3) is 0 Å². The Balaban J connectivity index is 0.000000592. The number of esters is 1. The number of ether oxygens (including phenoxy) is 1. The number of hydrogen-bond donors (Lipinski definition) is 3. The second-order valence-corrected chi connectivity index (χ2v) is 7.94. The first-order chi connectivity index (χ1) is 14.4. The Hall–Kier alpha value is -2.27. The molecule has 0 aromatic heterocycles. The molecule has 1 fully saturated rings. The van der Waals surface area contributed by atoms with Gasteiger partial charge in [0, 0.05) is 18.2 Å². The second kappa shape index (κ2) is 11.9. The number of benzene rings is 1. The number of alkyl halides is 3. The highest BCUT2D eigenvalue weighted by molar-refractivity contribution is 7.82. The van der Waals surface area contributed by atoms with E-state index in [0.29, 0.717) is 19.4 Å². The van der Waals surface area contributed by atoms with Gasteiger partial charge >= 0.3 is 18.1 Å². The molecule has 1 saturated heterocycles. The van der Waals surface area contributed by atoms with E-state index in [1.165, 1.54) is 12.5 Å². The van der Waals surface area contributed by atoms with Crippen molar-refractivity contribution in [3.05, 3.63) is 35.9 Å². The molecule has 0 aliphatic carbocycles. The Morgan fingerprint density at radius 3 is 2.16 bits per heavy atom. The summed E-state index contributed by atoms with van der Waals surface area (Å²) in [6.45, 7) is 6.00. The van der Waals surface area contributed by atoms with Gasteiger partial charge in [-0.3, -0.25) is 9.69 Å². The average Bonchev–Trinajstić information content (AvgIpc) is 2.68. The molecular weight excluding hydrogens is 437 g/mol. The molecule has 174 valence electrons. The zero-order valence-electron chi connectivity index (χ0n) is 17.3. The summed E-state index contributed by atoms with van der Waals surface area (Å²) in [5, 5.41) is 9.86. The predicted molar refractivity (Wildman–Crippen MR) is 111 cm³/mol. The molecule has 7 nitrogen and oxygen atoms in total. The van der Waals surface area contributed by atoms with Crippen molar-refractivity contribution in [1.82, 2.24) is 10.2 Å². The number of carbonyl (C=O) groups excluding carboxylic acids is 2. The maximum atomic E-state index is 12.3. The smallest absolute Gasteiger partial charge is 0.475 e. The van der Waals surface area contributed by atoms with Crippen molar-refractivity contribution < 1.29 is 37.4 Å². The zero-order valence-corrected chi connectivity index (χ0v) is 18.2. The number of aliphatic carboxylic acids is 1. The predicted octanol–water partition coefficient (Wildman–Crippen LogP) is 2.65. The van der Waals surface area contributed by atoms with Crippen molar-refractivity contribution >= 4 is 30.5 Å². The van der Waals surface area contributed by atoms with Crippen LogP contribution >= 0.6 is 12.6 Å². The van der Waals surface area contributed by atoms with Crippen molar-refractivity contribution in [3.63, 3.8) is 0 Å². The molecular formula is C20H27F3N2O5S. The third kappa shape index (κ3) is 9.18. The molecule has 11 heteroatoms. The third-order valence-electron chi connectivity index (χ3n) is 4.62. The standard InChI is InChI=1S/C18H26N2O3S.C2HF3O2/c1-3-23-17(22)16(19-14(2)21)18(24)9-11-20(12-10-18)13-15-7-5-4-6-8-15;3-2(4,5)1(6)7/h4-8,16,24H,3,9-13H2,1-2H3,(H,19,21);(H,6,7). The lowest BCUT2D eigenvalue weighted by atomic mass is 9.87. The molecule has 2 rings (SSSR count). The maximum absolute atomic E-state index is 12.3. The summed E-state index contributed by atoms with van der Waals surface area (Å²) >= 11 is 4.78. The van der Waals surface area contributed by atoms with E-state index >= 15 is 0 Å². The molecule has 1 aliphatic rings. The van der Waals surface area contributed by atoms with Gasteiger partial charge in [0.15, 0.2) is 0 Å². The van der Waals surface area contributed by atoms with E-state index in [9.17, 15) is 22.8 Å². The van der Waals surface area contributed by atoms with Crippen LogP contribution in [0.4, 0.5) is 13.2 Å². The van der Waals surface area contributed by atoms with Crippen LogP contribution in [0.15, 0.2) is 30.3 Å². The molecule has 1 atom stereocenters. The molecule has 0 spiro atoms. The normalized spacial score (nSPS) is 17.0. The molecule has 31 heavy (non-hydrogen) atoms. The number of likely N-dealkylation sites (tertiary alicyclic amines) is 1. The lowest BCUT2D eigenvalue weighted by Gasteiger charge is -2.42. The number of hydrogen-bond acceptors (Lipinski definition) is 6. The summed E-state index contributed by atoms with van der Waals surface area (Å²) in [7, 11) is 0. The summed E-state index contributed by atoms with van der Waals surface area (Å²) in [6, 6.07) is 9.60. The van der Waals surface area contributed by atoms with Gasteiger partial charge in [0.2, 0.25) is 5.91 Å². The van der Waals surface area contributed by atoms with Crippen LogP contribution < -0.4 is 5.32 Å². The first kappa shape index (κ1) is 26.8. The van der Waals surface area contributed by atoms with Crippen LogP contribution in [0.5, 0.6) is 0 Å². The topological polar surface area (TPSA) is 95.9 Å². The van der Waals surface area contributed by atoms with Gasteiger partial charge < -0.3 is 15.2 Å². The number of amides is 1. The van der Waals surface area contributed by atoms with Gasteiger partial charge in [-0.15, -0.1) is 0 Å². The zero-order chi connectivity index (χ0) is 23.7. The highest BCUT2D eigenvalue weighted by Gasteiger charge is 2.44. The Morgan fingerprint density at radius 1 is 1.23 bits per heavy atom. The molecule has 1 heterocycles. The molecule has 1 aromatic rings. The average molecular weight is 465 g/mol. The van der Waals surface area contributed by atoms with E-state index in [4.69, 9.17) is 27.3 Å². The van der Waals surface area contributed by atoms with Gasteiger partial charge in [0.25, 0.3) is 0 Å². The molecule has 2 N–H and O–H groups in total. The number of halogens is 3. The fourth-order valence-corrected chi connectivity index (χ4v) is 3.44. The minimum absolute atomic E-state index is 0.242. The van der Waals surface area contributed by atoms with Gasteiger partial charge in [-0.2, -0.15) is 25.8 Å². The number of carboxylic acid groups (broad SMARTS) is 1. The number of nitrogens with one attached hydrogen (secondary N) is 1. The fourth-order valence-electron chi connectivity index (χ4n) is 3.07. The van der Waals surface area contributed by atoms with Crippen LogP contribution in [0.3, 0.4) is 0 Å². The van der Waals surface area contributed by atoms with E-state index < -0.39 is 28.9 Å². The number of carbonyl (C=O) groups is 3. The van der Waals surface area contributed by atoms with Crippen LogP contribution in [0, 0.1) is 0 Å². The maximum Gasteiger partial charge on any atom is 0.490 e. The number of thiol groups is 1. The van der Waals surface area contributed by atoms with E-state index in [1.807, 2.05) is 18.2 Å². The molecule has 0 saturated carbocycles. The van der Waals surface area contributed by atoms with Crippen molar-refractivity contribution in [2.75, 3.05) is 19.7 Å². The monoisotopic (exact) mass is 464 g/mol. The minimum atomic E-state index is -5.08. The number of piperidine rings is 1. The van der Waals surface area contributed by atoms with E-state index in [-0.39, 0.29) is 5.91 Å². The lowest BCUT2D eigenvalue weighted by molar-refractivity contribution is -0.192. The Labute approximate surface area is 184 Å². The fraction of sp³-hybridized carbons (Fsp3) is 0.550. The lowest BCUT2D eigenvalue weighted by Crippen LogP contribution is -2.58. The Morgan fingerprint density at radius 2 is 1.74 bits per heavy atom. The highest BCUT2D eigenvalue weighted by atomic mass is 32.1. The van der Waals surface area contributed by atoms with Gasteiger partial charge in [-0.05, 0) is 38.4 Å². The van der Waals surface area contributed by atoms with Gasteiger partial charge in [-0.1, -0.05) is 30.3 Å². The third-order valence-corrected chi connectivity index (χ3v) is 5.33. The highest BCUT2D eigenvalue weighted by Crippen LogP contribution is 2.33. The summed E-state index contributed by atoms with van der Waals surface area (Å²) in [5.41, 5.74) is 1.27. The van der Waals surface area contributed by atoms with Crippen molar-refractivity contribution in [2.45, 2.75) is 50.2 Å². The Kier molecular flexibility index (Phi) is 10.3. The van der Waals surface area contributed by atoms with Crippen LogP contribution in [0.1, 0.15) is 32.3 Å². The van der Waals surface area contributed by atoms with Gasteiger partial charge in [0.1, 0.15) is 6.04 Å². The molecule has 0 bridgehead atoms. The van der Waals surface area contributed by atoms with E-state index in [2.05, 4.69) is 22.3 Å². The van der Waals surface area contributed by atoms with Gasteiger partial charge in [-0.25, -0.2) is 9.59 Å².